The van der Waals surface area contributed by atoms with E-state index in [2.05, 4.69) is 33.8 Å². The molecule has 3 aliphatic rings. The van der Waals surface area contributed by atoms with E-state index in [4.69, 9.17) is 11.6 Å². The Balaban J connectivity index is 1.08. The number of nitrogens with zero attached hydrogens (tertiary/aromatic N) is 2. The van der Waals surface area contributed by atoms with Gasteiger partial charge in [0.2, 0.25) is 11.8 Å². The molecule has 2 heterocycles. The Hall–Kier alpha value is -2.83. The molecule has 0 radical (unpaired) electrons. The highest BCUT2D eigenvalue weighted by atomic mass is 35.5. The van der Waals surface area contributed by atoms with E-state index in [1.54, 1.807) is 11.3 Å². The van der Waals surface area contributed by atoms with Crippen LogP contribution in [0.4, 0.5) is 5.69 Å². The van der Waals surface area contributed by atoms with Gasteiger partial charge < -0.3 is 15.1 Å². The maximum atomic E-state index is 13.7. The number of piperazine rings is 1. The lowest BCUT2D eigenvalue weighted by Crippen LogP contribution is -2.53. The number of benzene rings is 2. The van der Waals surface area contributed by atoms with Gasteiger partial charge in [-0.3, -0.25) is 9.59 Å². The van der Waals surface area contributed by atoms with Crippen molar-refractivity contribution in [1.29, 1.82) is 0 Å². The molecule has 3 fully saturated rings. The molecule has 2 saturated carbocycles. The molecule has 1 N–H and O–H groups in total. The minimum Gasteiger partial charge on any atom is -0.367 e. The Morgan fingerprint density at radius 2 is 1.53 bits per heavy atom. The first-order valence-corrected chi connectivity index (χ1v) is 14.0. The lowest BCUT2D eigenvalue weighted by atomic mass is 9.83. The molecule has 3 aromatic rings. The van der Waals surface area contributed by atoms with Gasteiger partial charge >= 0.3 is 0 Å². The van der Waals surface area contributed by atoms with Crippen LogP contribution in [0.5, 0.6) is 0 Å². The molecule has 186 valence electrons. The molecule has 1 saturated heterocycles. The minimum absolute atomic E-state index is 0.0534. The average molecular weight is 520 g/mol. The van der Waals surface area contributed by atoms with Crippen LogP contribution in [0.2, 0.25) is 5.02 Å². The number of carbonyl (C=O) groups excluding carboxylic acids is 2. The number of hydrogen-bond donors (Lipinski definition) is 1. The largest absolute Gasteiger partial charge is 0.367 e. The third-order valence-corrected chi connectivity index (χ3v) is 9.46. The Bertz CT molecular complexity index is 1270. The van der Waals surface area contributed by atoms with Crippen LogP contribution < -0.4 is 10.2 Å². The van der Waals surface area contributed by atoms with E-state index in [0.29, 0.717) is 19.6 Å². The van der Waals surface area contributed by atoms with Gasteiger partial charge in [0.25, 0.3) is 0 Å². The predicted molar refractivity (Wildman–Crippen MR) is 145 cm³/mol. The number of carbonyl (C=O) groups is 2. The summed E-state index contributed by atoms with van der Waals surface area (Å²) in [7, 11) is 0. The molecule has 1 aliphatic heterocycles. The average Bonchev–Trinajstić information content (AvgIpc) is 3.84. The van der Waals surface area contributed by atoms with Crippen molar-refractivity contribution < 1.29 is 9.59 Å². The third kappa shape index (κ3) is 4.10. The quantitative estimate of drug-likeness (QED) is 0.442. The topological polar surface area (TPSA) is 52.7 Å². The monoisotopic (exact) mass is 519 g/mol. The second-order valence-corrected chi connectivity index (χ2v) is 11.6. The summed E-state index contributed by atoms with van der Waals surface area (Å²) in [6.45, 7) is 3.36. The van der Waals surface area contributed by atoms with Crippen molar-refractivity contribution in [2.24, 2.45) is 10.8 Å². The minimum atomic E-state index is -0.524. The van der Waals surface area contributed by atoms with Gasteiger partial charge in [-0.05, 0) is 60.4 Å². The maximum absolute atomic E-state index is 13.7. The van der Waals surface area contributed by atoms with Crippen molar-refractivity contribution in [3.05, 3.63) is 75.9 Å². The number of hydrogen-bond acceptors (Lipinski definition) is 4. The number of halogens is 1. The van der Waals surface area contributed by atoms with E-state index >= 15 is 0 Å². The van der Waals surface area contributed by atoms with Crippen molar-refractivity contribution in [3.8, 4) is 11.1 Å². The van der Waals surface area contributed by atoms with Crippen molar-refractivity contribution >= 4 is 40.4 Å². The summed E-state index contributed by atoms with van der Waals surface area (Å²) in [5.74, 6) is 0.231. The number of nitrogens with one attached hydrogen (secondary N) is 1. The van der Waals surface area contributed by atoms with Crippen molar-refractivity contribution in [3.63, 3.8) is 0 Å². The Labute approximate surface area is 221 Å². The first-order valence-electron chi connectivity index (χ1n) is 12.7. The molecule has 0 bridgehead atoms. The molecule has 0 spiro atoms. The lowest BCUT2D eigenvalue weighted by molar-refractivity contribution is -0.145. The summed E-state index contributed by atoms with van der Waals surface area (Å²) in [5, 5.41) is 6.06. The van der Waals surface area contributed by atoms with E-state index in [-0.39, 0.29) is 11.8 Å². The number of amides is 2. The molecule has 0 unspecified atom stereocenters. The summed E-state index contributed by atoms with van der Waals surface area (Å²) < 4.78 is 0. The molecule has 7 heteroatoms. The van der Waals surface area contributed by atoms with Crippen LogP contribution in [0, 0.1) is 10.8 Å². The third-order valence-electron chi connectivity index (χ3n) is 8.20. The molecule has 1 aromatic heterocycles. The highest BCUT2D eigenvalue weighted by Crippen LogP contribution is 2.71. The first kappa shape index (κ1) is 23.6. The van der Waals surface area contributed by atoms with Gasteiger partial charge in [-0.25, -0.2) is 0 Å². The number of thiophene rings is 1. The fraction of sp³-hybridized carbons (Fsp3) is 0.379. The van der Waals surface area contributed by atoms with E-state index < -0.39 is 10.8 Å². The molecular formula is C29H30ClN3O2S. The Morgan fingerprint density at radius 3 is 2.19 bits per heavy atom. The second-order valence-electron chi connectivity index (χ2n) is 10.2. The molecule has 2 amide bonds. The highest BCUT2D eigenvalue weighted by Gasteiger charge is 2.73. The van der Waals surface area contributed by atoms with Gasteiger partial charge in [-0.1, -0.05) is 54.1 Å². The highest BCUT2D eigenvalue weighted by molar-refractivity contribution is 7.10. The second kappa shape index (κ2) is 9.24. The number of rotatable bonds is 7. The normalized spacial score (nSPS) is 19.6. The predicted octanol–water partition coefficient (Wildman–Crippen LogP) is 5.59. The lowest BCUT2D eigenvalue weighted by Gasteiger charge is -2.39. The fourth-order valence-corrected chi connectivity index (χ4v) is 6.91. The summed E-state index contributed by atoms with van der Waals surface area (Å²) >= 11 is 8.05. The van der Waals surface area contributed by atoms with Crippen LogP contribution in [0.15, 0.2) is 66.0 Å². The first-order chi connectivity index (χ1) is 17.5. The van der Waals surface area contributed by atoms with Gasteiger partial charge in [0, 0.05) is 31.1 Å². The number of anilines is 1. The van der Waals surface area contributed by atoms with Crippen molar-refractivity contribution in [2.45, 2.75) is 32.2 Å². The van der Waals surface area contributed by atoms with Crippen LogP contribution in [0.1, 0.15) is 30.6 Å². The van der Waals surface area contributed by atoms with Gasteiger partial charge in [0.15, 0.2) is 0 Å². The zero-order chi connectivity index (χ0) is 24.8. The summed E-state index contributed by atoms with van der Waals surface area (Å²) in [6.07, 6.45) is 3.26. The summed E-state index contributed by atoms with van der Waals surface area (Å²) in [4.78, 5) is 32.5. The Morgan fingerprint density at radius 1 is 0.861 bits per heavy atom. The summed E-state index contributed by atoms with van der Waals surface area (Å²) in [5.41, 5.74) is 2.35. The van der Waals surface area contributed by atoms with Crippen molar-refractivity contribution in [2.75, 3.05) is 31.1 Å². The smallest absolute Gasteiger partial charge is 0.230 e. The van der Waals surface area contributed by atoms with Gasteiger partial charge in [-0.15, -0.1) is 11.3 Å². The standard InChI is InChI=1S/C29H30ClN3O2S/c30-24-8-4-5-9-25(24)32-14-16-33(17-15-32)27(35)29(12-13-29)28(10-11-28)26(34)31-19-23-18-22(20-36-23)21-6-2-1-3-7-21/h1-9,18,20H,10-17,19H2,(H,31,34). The van der Waals surface area contributed by atoms with Gasteiger partial charge in [-0.2, -0.15) is 0 Å². The van der Waals surface area contributed by atoms with Gasteiger partial charge in [0.05, 0.1) is 28.1 Å². The summed E-state index contributed by atoms with van der Waals surface area (Å²) in [6, 6.07) is 20.3. The molecule has 2 aliphatic carbocycles. The molecule has 5 nitrogen and oxygen atoms in total. The van der Waals surface area contributed by atoms with Crippen LogP contribution in [-0.2, 0) is 16.1 Å². The molecule has 6 rings (SSSR count). The zero-order valence-electron chi connectivity index (χ0n) is 20.2. The number of para-hydroxylation sites is 1. The van der Waals surface area contributed by atoms with E-state index in [1.165, 1.54) is 11.1 Å². The molecule has 2 aromatic carbocycles. The zero-order valence-corrected chi connectivity index (χ0v) is 21.8. The Kier molecular flexibility index (Phi) is 6.05. The van der Waals surface area contributed by atoms with E-state index in [0.717, 1.165) is 54.4 Å². The SMILES string of the molecule is O=C(NCc1cc(-c2ccccc2)cs1)C1(C2(C(=O)N3CCN(c4ccccc4Cl)CC3)CC2)CC1. The van der Waals surface area contributed by atoms with Crippen molar-refractivity contribution in [1.82, 2.24) is 10.2 Å². The van der Waals surface area contributed by atoms with Crippen LogP contribution >= 0.6 is 22.9 Å². The van der Waals surface area contributed by atoms with Gasteiger partial charge in [0.1, 0.15) is 0 Å². The fourth-order valence-electron chi connectivity index (χ4n) is 5.82. The van der Waals surface area contributed by atoms with Crippen LogP contribution in [0.3, 0.4) is 0 Å². The maximum Gasteiger partial charge on any atom is 0.230 e. The van der Waals surface area contributed by atoms with Crippen LogP contribution in [0.25, 0.3) is 11.1 Å². The van der Waals surface area contributed by atoms with E-state index in [9.17, 15) is 9.59 Å². The molecular weight excluding hydrogens is 490 g/mol. The van der Waals surface area contributed by atoms with Crippen LogP contribution in [-0.4, -0.2) is 42.9 Å². The van der Waals surface area contributed by atoms with E-state index in [1.807, 2.05) is 47.4 Å². The molecule has 36 heavy (non-hydrogen) atoms. The molecule has 0 atom stereocenters.